The number of hydrogen-bond donors (Lipinski definition) is 2. The van der Waals surface area contributed by atoms with E-state index < -0.39 is 0 Å². The van der Waals surface area contributed by atoms with E-state index >= 15 is 0 Å². The fraction of sp³-hybridized carbons (Fsp3) is 0.556. The van der Waals surface area contributed by atoms with Gasteiger partial charge in [-0.3, -0.25) is 9.79 Å². The van der Waals surface area contributed by atoms with Gasteiger partial charge in [0.2, 0.25) is 5.91 Å². The minimum absolute atomic E-state index is 0. The molecular weight excluding hydrogens is 467 g/mol. The first-order valence-electron chi connectivity index (χ1n) is 8.60. The summed E-state index contributed by atoms with van der Waals surface area (Å²) in [7, 11) is 3.44. The molecule has 2 saturated heterocycles. The molecule has 2 aliphatic heterocycles. The number of rotatable bonds is 3. The molecule has 0 aliphatic carbocycles. The van der Waals surface area contributed by atoms with Crippen LogP contribution in [0.15, 0.2) is 23.2 Å². The van der Waals surface area contributed by atoms with Crippen LogP contribution in [0.5, 0.6) is 5.75 Å². The second-order valence-electron chi connectivity index (χ2n) is 6.84. The molecule has 0 bridgehead atoms. The van der Waals surface area contributed by atoms with Gasteiger partial charge in [0, 0.05) is 55.6 Å². The van der Waals surface area contributed by atoms with E-state index in [4.69, 9.17) is 16.3 Å². The van der Waals surface area contributed by atoms with Gasteiger partial charge in [0.15, 0.2) is 5.96 Å². The highest BCUT2D eigenvalue weighted by Gasteiger charge is 2.42. The van der Waals surface area contributed by atoms with Crippen LogP contribution in [0, 0.1) is 5.41 Å². The summed E-state index contributed by atoms with van der Waals surface area (Å²) in [6, 6.07) is 5.59. The van der Waals surface area contributed by atoms with Crippen molar-refractivity contribution in [2.24, 2.45) is 10.4 Å². The molecule has 1 amide bonds. The van der Waals surface area contributed by atoms with Gasteiger partial charge in [0.1, 0.15) is 5.75 Å². The Morgan fingerprint density at radius 3 is 2.96 bits per heavy atom. The van der Waals surface area contributed by atoms with Crippen molar-refractivity contribution < 1.29 is 9.53 Å². The van der Waals surface area contributed by atoms with E-state index in [0.29, 0.717) is 18.0 Å². The Labute approximate surface area is 176 Å². The highest BCUT2D eigenvalue weighted by Crippen LogP contribution is 2.36. The summed E-state index contributed by atoms with van der Waals surface area (Å²) >= 11 is 6.10. The molecule has 0 radical (unpaired) electrons. The number of methoxy groups -OCH3 is 1. The molecule has 6 nitrogen and oxygen atoms in total. The minimum Gasteiger partial charge on any atom is -0.496 e. The molecule has 3 rings (SSSR count). The first kappa shape index (κ1) is 21.1. The summed E-state index contributed by atoms with van der Waals surface area (Å²) in [5.74, 6) is 1.81. The molecule has 1 aromatic rings. The molecule has 2 fully saturated rings. The number of benzene rings is 1. The Morgan fingerprint density at radius 1 is 1.50 bits per heavy atom. The Bertz CT molecular complexity index is 685. The van der Waals surface area contributed by atoms with Crippen LogP contribution < -0.4 is 15.4 Å². The topological polar surface area (TPSA) is 66.0 Å². The van der Waals surface area contributed by atoms with Crippen LogP contribution in [0.1, 0.15) is 24.8 Å². The predicted octanol–water partition coefficient (Wildman–Crippen LogP) is 2.64. The number of hydrogen-bond acceptors (Lipinski definition) is 3. The number of amides is 1. The Morgan fingerprint density at radius 2 is 2.31 bits per heavy atom. The van der Waals surface area contributed by atoms with Gasteiger partial charge in [-0.05, 0) is 31.0 Å². The molecular formula is C18H26ClIN4O2. The molecule has 144 valence electrons. The van der Waals surface area contributed by atoms with Crippen molar-refractivity contribution in [2.45, 2.75) is 25.8 Å². The first-order valence-corrected chi connectivity index (χ1v) is 8.98. The van der Waals surface area contributed by atoms with Gasteiger partial charge in [-0.15, -0.1) is 24.0 Å². The zero-order valence-electron chi connectivity index (χ0n) is 15.2. The lowest BCUT2D eigenvalue weighted by Gasteiger charge is -2.40. The third kappa shape index (κ3) is 4.73. The van der Waals surface area contributed by atoms with Crippen LogP contribution >= 0.6 is 35.6 Å². The molecule has 26 heavy (non-hydrogen) atoms. The van der Waals surface area contributed by atoms with E-state index in [1.54, 1.807) is 14.2 Å². The van der Waals surface area contributed by atoms with E-state index in [0.717, 1.165) is 49.7 Å². The van der Waals surface area contributed by atoms with Crippen molar-refractivity contribution in [3.63, 3.8) is 0 Å². The largest absolute Gasteiger partial charge is 0.496 e. The van der Waals surface area contributed by atoms with Crippen LogP contribution in [-0.4, -0.2) is 50.6 Å². The summed E-state index contributed by atoms with van der Waals surface area (Å²) in [5, 5.41) is 7.07. The third-order valence-electron chi connectivity index (χ3n) is 5.05. The highest BCUT2D eigenvalue weighted by molar-refractivity contribution is 14.0. The standard InChI is InChI=1S/C18H25ClN4O2.HI/c1-20-17(21-10-13-8-14(19)4-5-15(13)25-2)23-7-3-6-18(12-23)9-16(24)22-11-18;/h4-5,8H,3,6-7,9-12H2,1-2H3,(H,20,21)(H,22,24);1H. The maximum absolute atomic E-state index is 11.7. The van der Waals surface area contributed by atoms with Crippen molar-refractivity contribution in [3.8, 4) is 5.75 Å². The second-order valence-corrected chi connectivity index (χ2v) is 7.27. The molecule has 2 heterocycles. The number of likely N-dealkylation sites (tertiary alicyclic amines) is 1. The van der Waals surface area contributed by atoms with Gasteiger partial charge in [-0.1, -0.05) is 11.6 Å². The lowest BCUT2D eigenvalue weighted by atomic mass is 9.79. The first-order chi connectivity index (χ1) is 12.0. The number of piperidine rings is 1. The van der Waals surface area contributed by atoms with Crippen LogP contribution in [0.2, 0.25) is 5.02 Å². The molecule has 2 N–H and O–H groups in total. The lowest BCUT2D eigenvalue weighted by Crippen LogP contribution is -2.51. The van der Waals surface area contributed by atoms with Crippen LogP contribution in [0.25, 0.3) is 0 Å². The van der Waals surface area contributed by atoms with Gasteiger partial charge in [0.05, 0.1) is 7.11 Å². The van der Waals surface area contributed by atoms with E-state index in [1.165, 1.54) is 0 Å². The summed E-state index contributed by atoms with van der Waals surface area (Å²) in [6.45, 7) is 3.14. The summed E-state index contributed by atoms with van der Waals surface area (Å²) in [6.07, 6.45) is 2.76. The average molecular weight is 493 g/mol. The Hall–Kier alpha value is -1.22. The average Bonchev–Trinajstić information content (AvgIpc) is 2.95. The van der Waals surface area contributed by atoms with Gasteiger partial charge >= 0.3 is 0 Å². The zero-order valence-corrected chi connectivity index (χ0v) is 18.3. The molecule has 1 aromatic carbocycles. The van der Waals surface area contributed by atoms with Crippen LogP contribution in [0.4, 0.5) is 0 Å². The van der Waals surface area contributed by atoms with E-state index in [1.807, 2.05) is 18.2 Å². The van der Waals surface area contributed by atoms with Crippen LogP contribution in [-0.2, 0) is 11.3 Å². The van der Waals surface area contributed by atoms with Gasteiger partial charge in [0.25, 0.3) is 0 Å². The summed E-state index contributed by atoms with van der Waals surface area (Å²) < 4.78 is 5.40. The highest BCUT2D eigenvalue weighted by atomic mass is 127. The fourth-order valence-corrected chi connectivity index (χ4v) is 4.02. The number of guanidine groups is 1. The number of carbonyl (C=O) groups excluding carboxylic acids is 1. The van der Waals surface area contributed by atoms with Gasteiger partial charge in [-0.25, -0.2) is 0 Å². The van der Waals surface area contributed by atoms with Crippen molar-refractivity contribution >= 4 is 47.4 Å². The van der Waals surface area contributed by atoms with Gasteiger partial charge in [-0.2, -0.15) is 0 Å². The summed E-state index contributed by atoms with van der Waals surface area (Å²) in [5.41, 5.74) is 1.03. The maximum Gasteiger partial charge on any atom is 0.220 e. The SMILES string of the molecule is CN=C(NCc1cc(Cl)ccc1OC)N1CCCC2(CNC(=O)C2)C1.I. The molecule has 8 heteroatoms. The molecule has 0 saturated carbocycles. The number of halogens is 2. The number of nitrogens with one attached hydrogen (secondary N) is 2. The molecule has 1 atom stereocenters. The molecule has 1 unspecified atom stereocenters. The van der Waals surface area contributed by atoms with Crippen molar-refractivity contribution in [2.75, 3.05) is 33.8 Å². The van der Waals surface area contributed by atoms with E-state index in [9.17, 15) is 4.79 Å². The van der Waals surface area contributed by atoms with E-state index in [2.05, 4.69) is 20.5 Å². The maximum atomic E-state index is 11.7. The number of carbonyl (C=O) groups is 1. The Kier molecular flexibility index (Phi) is 7.40. The second kappa shape index (κ2) is 9.12. The molecule has 2 aliphatic rings. The summed E-state index contributed by atoms with van der Waals surface area (Å²) in [4.78, 5) is 18.4. The van der Waals surface area contributed by atoms with Crippen molar-refractivity contribution in [1.29, 1.82) is 0 Å². The lowest BCUT2D eigenvalue weighted by molar-refractivity contribution is -0.119. The fourth-order valence-electron chi connectivity index (χ4n) is 3.82. The predicted molar refractivity (Wildman–Crippen MR) is 114 cm³/mol. The Balaban J connectivity index is 0.00000243. The number of nitrogens with zero attached hydrogens (tertiary/aromatic N) is 2. The van der Waals surface area contributed by atoms with Gasteiger partial charge < -0.3 is 20.3 Å². The zero-order chi connectivity index (χ0) is 17.9. The number of ether oxygens (including phenoxy) is 1. The van der Waals surface area contributed by atoms with Crippen molar-refractivity contribution in [1.82, 2.24) is 15.5 Å². The third-order valence-corrected chi connectivity index (χ3v) is 5.28. The smallest absolute Gasteiger partial charge is 0.220 e. The quantitative estimate of drug-likeness (QED) is 0.387. The monoisotopic (exact) mass is 492 g/mol. The van der Waals surface area contributed by atoms with Crippen LogP contribution in [0.3, 0.4) is 0 Å². The van der Waals surface area contributed by atoms with Crippen molar-refractivity contribution in [3.05, 3.63) is 28.8 Å². The minimum atomic E-state index is 0. The molecule has 0 aromatic heterocycles. The normalized spacial score (nSPS) is 22.8. The van der Waals surface area contributed by atoms with E-state index in [-0.39, 0.29) is 35.3 Å². The molecule has 1 spiro atoms. The number of aliphatic imine (C=N–C) groups is 1.